The fraction of sp³-hybridized carbons (Fsp3) is 0.429. The van der Waals surface area contributed by atoms with Crippen LogP contribution in [0.1, 0.15) is 29.1 Å². The molecule has 1 N–H and O–H groups in total. The molecule has 0 atom stereocenters. The van der Waals surface area contributed by atoms with Crippen molar-refractivity contribution in [2.75, 3.05) is 13.1 Å². The summed E-state index contributed by atoms with van der Waals surface area (Å²) < 4.78 is 2.07. The molecule has 4 nitrogen and oxygen atoms in total. The van der Waals surface area contributed by atoms with Crippen LogP contribution >= 0.6 is 11.3 Å². The van der Waals surface area contributed by atoms with Crippen molar-refractivity contribution in [1.29, 1.82) is 0 Å². The minimum Gasteiger partial charge on any atom is -0.316 e. The maximum Gasteiger partial charge on any atom is 0.159 e. The molecule has 19 heavy (non-hydrogen) atoms. The van der Waals surface area contributed by atoms with Gasteiger partial charge in [0.2, 0.25) is 0 Å². The van der Waals surface area contributed by atoms with Gasteiger partial charge in [-0.3, -0.25) is 0 Å². The number of nitrogens with zero attached hydrogens (tertiary/aromatic N) is 3. The number of hydrogen-bond acceptors (Lipinski definition) is 4. The SMILES string of the molecule is c1nc2n(n1)CCc1ccsc1C2=C1CCNCC1. The second-order valence-electron chi connectivity index (χ2n) is 5.06. The van der Waals surface area contributed by atoms with Crippen LogP contribution < -0.4 is 5.32 Å². The van der Waals surface area contributed by atoms with Crippen molar-refractivity contribution in [3.8, 4) is 0 Å². The van der Waals surface area contributed by atoms with Gasteiger partial charge >= 0.3 is 0 Å². The van der Waals surface area contributed by atoms with E-state index in [0.717, 1.165) is 44.7 Å². The predicted octanol–water partition coefficient (Wildman–Crippen LogP) is 2.08. The number of aryl methyl sites for hydroxylation is 2. The van der Waals surface area contributed by atoms with Crippen LogP contribution in [-0.4, -0.2) is 27.9 Å². The molecule has 0 spiro atoms. The molecule has 0 amide bonds. The molecule has 2 aliphatic rings. The molecule has 2 aromatic heterocycles. The number of piperidine rings is 1. The van der Waals surface area contributed by atoms with Crippen LogP contribution in [0, 0.1) is 0 Å². The summed E-state index contributed by atoms with van der Waals surface area (Å²) in [5.41, 5.74) is 4.36. The maximum atomic E-state index is 4.53. The van der Waals surface area contributed by atoms with E-state index in [1.807, 2.05) is 11.3 Å². The Bertz CT molecular complexity index is 585. The van der Waals surface area contributed by atoms with Gasteiger partial charge in [-0.2, -0.15) is 5.10 Å². The van der Waals surface area contributed by atoms with Crippen LogP contribution in [0.2, 0.25) is 0 Å². The highest BCUT2D eigenvalue weighted by atomic mass is 32.1. The Hall–Kier alpha value is -1.46. The molecule has 0 aliphatic carbocycles. The van der Waals surface area contributed by atoms with Crippen LogP contribution in [0.5, 0.6) is 0 Å². The van der Waals surface area contributed by atoms with Gasteiger partial charge in [-0.05, 0) is 49.4 Å². The Morgan fingerprint density at radius 3 is 3.00 bits per heavy atom. The first-order chi connectivity index (χ1) is 9.43. The molecule has 0 unspecified atom stereocenters. The lowest BCUT2D eigenvalue weighted by Crippen LogP contribution is -2.24. The molecule has 0 radical (unpaired) electrons. The van der Waals surface area contributed by atoms with E-state index in [-0.39, 0.29) is 0 Å². The number of aromatic nitrogens is 3. The monoisotopic (exact) mass is 272 g/mol. The summed E-state index contributed by atoms with van der Waals surface area (Å²) in [7, 11) is 0. The number of nitrogens with one attached hydrogen (secondary N) is 1. The Labute approximate surface area is 116 Å². The van der Waals surface area contributed by atoms with Crippen LogP contribution in [0.25, 0.3) is 5.57 Å². The highest BCUT2D eigenvalue weighted by Gasteiger charge is 2.24. The van der Waals surface area contributed by atoms with Crippen molar-refractivity contribution in [2.45, 2.75) is 25.8 Å². The van der Waals surface area contributed by atoms with E-state index in [9.17, 15) is 0 Å². The minimum absolute atomic E-state index is 0.939. The third-order valence-corrected chi connectivity index (χ3v) is 4.94. The van der Waals surface area contributed by atoms with E-state index >= 15 is 0 Å². The zero-order chi connectivity index (χ0) is 12.7. The van der Waals surface area contributed by atoms with E-state index in [4.69, 9.17) is 0 Å². The van der Waals surface area contributed by atoms with Gasteiger partial charge < -0.3 is 5.32 Å². The number of thiophene rings is 1. The summed E-state index contributed by atoms with van der Waals surface area (Å²) in [6.07, 6.45) is 5.00. The molecule has 5 heteroatoms. The molecule has 2 aliphatic heterocycles. The minimum atomic E-state index is 0.939. The summed E-state index contributed by atoms with van der Waals surface area (Å²) in [5, 5.41) is 10.0. The van der Waals surface area contributed by atoms with Gasteiger partial charge in [-0.25, -0.2) is 9.67 Å². The lowest BCUT2D eigenvalue weighted by atomic mass is 9.96. The van der Waals surface area contributed by atoms with E-state index in [1.165, 1.54) is 16.0 Å². The first-order valence-corrected chi connectivity index (χ1v) is 7.69. The summed E-state index contributed by atoms with van der Waals surface area (Å²) in [4.78, 5) is 5.95. The Balaban J connectivity index is 1.95. The van der Waals surface area contributed by atoms with Crippen LogP contribution in [0.3, 0.4) is 0 Å². The van der Waals surface area contributed by atoms with Gasteiger partial charge in [0.15, 0.2) is 5.82 Å². The topological polar surface area (TPSA) is 42.7 Å². The Morgan fingerprint density at radius 2 is 2.11 bits per heavy atom. The normalized spacial score (nSPS) is 18.9. The molecule has 0 aromatic carbocycles. The Kier molecular flexibility index (Phi) is 2.74. The third-order valence-electron chi connectivity index (χ3n) is 3.97. The average Bonchev–Trinajstić information content (AvgIpc) is 3.07. The first-order valence-electron chi connectivity index (χ1n) is 6.81. The van der Waals surface area contributed by atoms with Crippen molar-refractivity contribution in [1.82, 2.24) is 20.1 Å². The van der Waals surface area contributed by atoms with E-state index < -0.39 is 0 Å². The zero-order valence-electron chi connectivity index (χ0n) is 10.7. The zero-order valence-corrected chi connectivity index (χ0v) is 11.5. The molecule has 4 rings (SSSR count). The summed E-state index contributed by atoms with van der Waals surface area (Å²) in [5.74, 6) is 1.07. The van der Waals surface area contributed by atoms with E-state index in [0.29, 0.717) is 0 Å². The van der Waals surface area contributed by atoms with Gasteiger partial charge in [-0.1, -0.05) is 5.57 Å². The molecular weight excluding hydrogens is 256 g/mol. The quantitative estimate of drug-likeness (QED) is 0.798. The summed E-state index contributed by atoms with van der Waals surface area (Å²) >= 11 is 1.85. The number of fused-ring (bicyclic) bond motifs is 2. The molecule has 2 aromatic rings. The second kappa shape index (κ2) is 4.58. The van der Waals surface area contributed by atoms with Gasteiger partial charge in [0.1, 0.15) is 6.33 Å². The van der Waals surface area contributed by atoms with Gasteiger partial charge in [0.25, 0.3) is 0 Å². The van der Waals surface area contributed by atoms with Crippen LogP contribution in [0.15, 0.2) is 23.3 Å². The maximum absolute atomic E-state index is 4.53. The van der Waals surface area contributed by atoms with Crippen LogP contribution in [-0.2, 0) is 13.0 Å². The number of hydrogen-bond donors (Lipinski definition) is 1. The molecular formula is C14H16N4S. The van der Waals surface area contributed by atoms with E-state index in [1.54, 1.807) is 11.9 Å². The predicted molar refractivity (Wildman–Crippen MR) is 76.2 cm³/mol. The molecule has 0 saturated carbocycles. The lowest BCUT2D eigenvalue weighted by Gasteiger charge is -2.19. The van der Waals surface area contributed by atoms with Crippen molar-refractivity contribution >= 4 is 16.9 Å². The molecule has 0 bridgehead atoms. The fourth-order valence-electron chi connectivity index (χ4n) is 3.00. The van der Waals surface area contributed by atoms with Gasteiger partial charge in [-0.15, -0.1) is 11.3 Å². The second-order valence-corrected chi connectivity index (χ2v) is 5.98. The average molecular weight is 272 g/mol. The van der Waals surface area contributed by atoms with Crippen molar-refractivity contribution < 1.29 is 0 Å². The van der Waals surface area contributed by atoms with Crippen molar-refractivity contribution in [3.63, 3.8) is 0 Å². The Morgan fingerprint density at radius 1 is 1.21 bits per heavy atom. The highest BCUT2D eigenvalue weighted by molar-refractivity contribution is 7.11. The highest BCUT2D eigenvalue weighted by Crippen LogP contribution is 2.37. The van der Waals surface area contributed by atoms with Crippen molar-refractivity contribution in [3.05, 3.63) is 39.6 Å². The summed E-state index contributed by atoms with van der Waals surface area (Å²) in [6, 6.07) is 2.26. The smallest absolute Gasteiger partial charge is 0.159 e. The lowest BCUT2D eigenvalue weighted by molar-refractivity contribution is 0.602. The largest absolute Gasteiger partial charge is 0.316 e. The van der Waals surface area contributed by atoms with E-state index in [2.05, 4.69) is 31.5 Å². The first kappa shape index (κ1) is 11.4. The summed E-state index contributed by atoms with van der Waals surface area (Å²) in [6.45, 7) is 3.09. The van der Waals surface area contributed by atoms with Crippen LogP contribution in [0.4, 0.5) is 0 Å². The fourth-order valence-corrected chi connectivity index (χ4v) is 4.04. The van der Waals surface area contributed by atoms with Gasteiger partial charge in [0.05, 0.1) is 0 Å². The molecule has 1 saturated heterocycles. The molecule has 4 heterocycles. The molecule has 1 fully saturated rings. The third kappa shape index (κ3) is 1.84. The van der Waals surface area contributed by atoms with Gasteiger partial charge in [0, 0.05) is 17.0 Å². The van der Waals surface area contributed by atoms with Crippen molar-refractivity contribution in [2.24, 2.45) is 0 Å². The standard InChI is InChI=1S/C14H16N4S/c1-5-15-6-2-10(1)12-13-11(4-8-19-13)3-7-18-14(12)16-9-17-18/h4,8-9,15H,1-3,5-7H2. The number of rotatable bonds is 0. The molecule has 98 valence electrons.